The molecule has 0 radical (unpaired) electrons. The quantitative estimate of drug-likeness (QED) is 0.539. The van der Waals surface area contributed by atoms with Crippen molar-refractivity contribution in [1.29, 1.82) is 0 Å². The molecule has 2 amide bonds. The fraction of sp³-hybridized carbons (Fsp3) is 0.0435. The van der Waals surface area contributed by atoms with Crippen LogP contribution in [0, 0.1) is 11.6 Å². The van der Waals surface area contributed by atoms with Gasteiger partial charge >= 0.3 is 0 Å². The summed E-state index contributed by atoms with van der Waals surface area (Å²) in [7, 11) is 1.53. The molecule has 1 aliphatic rings. The first-order chi connectivity index (χ1) is 14.5. The lowest BCUT2D eigenvalue weighted by atomic mass is 10.1. The van der Waals surface area contributed by atoms with E-state index in [0.717, 1.165) is 33.7 Å². The van der Waals surface area contributed by atoms with Crippen LogP contribution in [0.3, 0.4) is 0 Å². The van der Waals surface area contributed by atoms with Crippen molar-refractivity contribution in [1.82, 2.24) is 0 Å². The molecule has 0 atom stereocenters. The molecular formula is C23H15F2NO3S. The zero-order valence-corrected chi connectivity index (χ0v) is 16.6. The molecule has 0 bridgehead atoms. The zero-order valence-electron chi connectivity index (χ0n) is 15.8. The number of hydrogen-bond donors (Lipinski definition) is 0. The van der Waals surface area contributed by atoms with E-state index < -0.39 is 23.4 Å². The number of hydrogen-bond acceptors (Lipinski definition) is 4. The number of benzene rings is 3. The molecule has 1 aliphatic heterocycles. The molecule has 0 fully saturated rings. The van der Waals surface area contributed by atoms with E-state index in [4.69, 9.17) is 4.74 Å². The van der Waals surface area contributed by atoms with Crippen molar-refractivity contribution in [2.24, 2.45) is 0 Å². The fourth-order valence-corrected chi connectivity index (χ4v) is 4.10. The first-order valence-electron chi connectivity index (χ1n) is 8.95. The summed E-state index contributed by atoms with van der Waals surface area (Å²) in [4.78, 5) is 28.3. The van der Waals surface area contributed by atoms with Crippen molar-refractivity contribution in [2.75, 3.05) is 12.0 Å². The van der Waals surface area contributed by atoms with Gasteiger partial charge in [0, 0.05) is 11.0 Å². The molecular weight excluding hydrogens is 408 g/mol. The number of ether oxygens (including phenoxy) is 1. The van der Waals surface area contributed by atoms with Crippen LogP contribution in [-0.4, -0.2) is 18.9 Å². The number of carbonyl (C=O) groups excluding carboxylic acids is 2. The van der Waals surface area contributed by atoms with Gasteiger partial charge in [0.2, 0.25) is 0 Å². The van der Waals surface area contributed by atoms with Crippen LogP contribution in [0.5, 0.6) is 5.75 Å². The van der Waals surface area contributed by atoms with E-state index in [1.165, 1.54) is 13.2 Å². The zero-order chi connectivity index (χ0) is 21.3. The van der Waals surface area contributed by atoms with Crippen LogP contribution < -0.4 is 9.64 Å². The topological polar surface area (TPSA) is 46.6 Å². The molecule has 150 valence electrons. The minimum Gasteiger partial charge on any atom is -0.497 e. The summed E-state index contributed by atoms with van der Waals surface area (Å²) in [6.45, 7) is 0. The molecule has 0 saturated carbocycles. The van der Waals surface area contributed by atoms with E-state index in [-0.39, 0.29) is 16.2 Å². The number of thioether (sulfide) groups is 1. The van der Waals surface area contributed by atoms with Crippen LogP contribution >= 0.6 is 11.8 Å². The predicted molar refractivity (Wildman–Crippen MR) is 111 cm³/mol. The number of carbonyl (C=O) groups is 2. The van der Waals surface area contributed by atoms with Crippen molar-refractivity contribution >= 4 is 34.8 Å². The Balaban J connectivity index is 1.81. The Morgan fingerprint density at radius 3 is 2.17 bits per heavy atom. The lowest BCUT2D eigenvalue weighted by molar-refractivity contribution is -0.119. The van der Waals surface area contributed by atoms with Gasteiger partial charge in [0.15, 0.2) is 11.6 Å². The van der Waals surface area contributed by atoms with Crippen LogP contribution in [0.15, 0.2) is 82.6 Å². The van der Waals surface area contributed by atoms with Gasteiger partial charge in [-0.15, -0.1) is 0 Å². The standard InChI is InChI=1S/C23H15F2NO3S/c1-29-16-10-7-14(8-11-16)20-21(30-17-5-3-2-4-6-17)23(28)26(22(20)27)15-9-12-18(24)19(25)13-15/h2-13H,1H3. The van der Waals surface area contributed by atoms with Crippen molar-refractivity contribution in [3.05, 3.63) is 94.9 Å². The van der Waals surface area contributed by atoms with Gasteiger partial charge in [-0.3, -0.25) is 9.59 Å². The average Bonchev–Trinajstić information content (AvgIpc) is 3.00. The van der Waals surface area contributed by atoms with Crippen molar-refractivity contribution < 1.29 is 23.1 Å². The van der Waals surface area contributed by atoms with E-state index in [9.17, 15) is 18.4 Å². The number of methoxy groups -OCH3 is 1. The van der Waals surface area contributed by atoms with Crippen LogP contribution in [0.1, 0.15) is 5.56 Å². The van der Waals surface area contributed by atoms with Gasteiger partial charge in [-0.2, -0.15) is 0 Å². The Hall–Kier alpha value is -3.45. The smallest absolute Gasteiger partial charge is 0.272 e. The largest absolute Gasteiger partial charge is 0.497 e. The maximum absolute atomic E-state index is 13.8. The number of amides is 2. The number of anilines is 1. The lowest BCUT2D eigenvalue weighted by Crippen LogP contribution is -2.31. The summed E-state index contributed by atoms with van der Waals surface area (Å²) in [5, 5.41) is 0. The highest BCUT2D eigenvalue weighted by Crippen LogP contribution is 2.41. The summed E-state index contributed by atoms with van der Waals surface area (Å²) < 4.78 is 32.3. The Morgan fingerprint density at radius 2 is 1.53 bits per heavy atom. The minimum atomic E-state index is -1.14. The van der Waals surface area contributed by atoms with Crippen LogP contribution in [-0.2, 0) is 9.59 Å². The fourth-order valence-electron chi connectivity index (χ4n) is 3.08. The summed E-state index contributed by atoms with van der Waals surface area (Å²) in [5.41, 5.74) is 0.692. The van der Waals surface area contributed by atoms with E-state index in [1.54, 1.807) is 24.3 Å². The van der Waals surface area contributed by atoms with Gasteiger partial charge in [-0.25, -0.2) is 13.7 Å². The third-order valence-electron chi connectivity index (χ3n) is 4.54. The molecule has 4 rings (SSSR count). The molecule has 0 spiro atoms. The van der Waals surface area contributed by atoms with Crippen molar-refractivity contribution in [3.8, 4) is 5.75 Å². The number of halogens is 2. The highest BCUT2D eigenvalue weighted by Gasteiger charge is 2.40. The Bertz CT molecular complexity index is 1160. The maximum Gasteiger partial charge on any atom is 0.272 e. The average molecular weight is 423 g/mol. The van der Waals surface area contributed by atoms with Gasteiger partial charge in [0.05, 0.1) is 23.3 Å². The number of nitrogens with zero attached hydrogens (tertiary/aromatic N) is 1. The summed E-state index contributed by atoms with van der Waals surface area (Å²) >= 11 is 1.15. The SMILES string of the molecule is COc1ccc(C2=C(Sc3ccccc3)C(=O)N(c3ccc(F)c(F)c3)C2=O)cc1. The van der Waals surface area contributed by atoms with E-state index in [1.807, 2.05) is 30.3 Å². The molecule has 0 aliphatic carbocycles. The van der Waals surface area contributed by atoms with Gasteiger partial charge in [-0.05, 0) is 42.0 Å². The monoisotopic (exact) mass is 423 g/mol. The Kier molecular flexibility index (Phi) is 5.37. The molecule has 3 aromatic rings. The summed E-state index contributed by atoms with van der Waals surface area (Å²) in [6.07, 6.45) is 0. The summed E-state index contributed by atoms with van der Waals surface area (Å²) in [5.74, 6) is -2.78. The van der Waals surface area contributed by atoms with Crippen molar-refractivity contribution in [2.45, 2.75) is 4.90 Å². The normalized spacial score (nSPS) is 13.9. The molecule has 1 heterocycles. The van der Waals surface area contributed by atoms with Gasteiger partial charge in [0.25, 0.3) is 11.8 Å². The molecule has 3 aromatic carbocycles. The van der Waals surface area contributed by atoms with Crippen LogP contribution in [0.4, 0.5) is 14.5 Å². The molecule has 0 N–H and O–H groups in total. The second-order valence-corrected chi connectivity index (χ2v) is 7.48. The summed E-state index contributed by atoms with van der Waals surface area (Å²) in [6, 6.07) is 18.8. The molecule has 0 unspecified atom stereocenters. The minimum absolute atomic E-state index is 0.0291. The maximum atomic E-state index is 13.8. The third kappa shape index (κ3) is 3.59. The van der Waals surface area contributed by atoms with Crippen molar-refractivity contribution in [3.63, 3.8) is 0 Å². The first-order valence-corrected chi connectivity index (χ1v) is 9.76. The highest BCUT2D eigenvalue weighted by molar-refractivity contribution is 8.04. The second-order valence-electron chi connectivity index (χ2n) is 6.39. The lowest BCUT2D eigenvalue weighted by Gasteiger charge is -2.15. The van der Waals surface area contributed by atoms with Gasteiger partial charge < -0.3 is 4.74 Å². The third-order valence-corrected chi connectivity index (χ3v) is 5.64. The molecule has 0 saturated heterocycles. The Labute approximate surface area is 175 Å². The number of imide groups is 1. The first kappa shape index (κ1) is 19.8. The predicted octanol–water partition coefficient (Wildman–Crippen LogP) is 5.05. The van der Waals surface area contributed by atoms with Crippen LogP contribution in [0.25, 0.3) is 5.57 Å². The van der Waals surface area contributed by atoms with E-state index in [0.29, 0.717) is 11.3 Å². The highest BCUT2D eigenvalue weighted by atomic mass is 32.2. The van der Waals surface area contributed by atoms with Gasteiger partial charge in [0.1, 0.15) is 5.75 Å². The second kappa shape index (κ2) is 8.12. The van der Waals surface area contributed by atoms with E-state index in [2.05, 4.69) is 0 Å². The molecule has 0 aromatic heterocycles. The molecule has 30 heavy (non-hydrogen) atoms. The molecule has 4 nitrogen and oxygen atoms in total. The number of rotatable bonds is 5. The van der Waals surface area contributed by atoms with Crippen LogP contribution in [0.2, 0.25) is 0 Å². The Morgan fingerprint density at radius 1 is 0.833 bits per heavy atom. The molecule has 7 heteroatoms. The van der Waals surface area contributed by atoms with Gasteiger partial charge in [-0.1, -0.05) is 42.1 Å². The van der Waals surface area contributed by atoms with E-state index >= 15 is 0 Å².